The summed E-state index contributed by atoms with van der Waals surface area (Å²) in [5.41, 5.74) is -0.370. The zero-order valence-corrected chi connectivity index (χ0v) is 10.8. The molecule has 5 heteroatoms. The lowest BCUT2D eigenvalue weighted by Crippen LogP contribution is -2.48. The summed E-state index contributed by atoms with van der Waals surface area (Å²) in [6.45, 7) is 7.38. The Morgan fingerprint density at radius 3 is 2.41 bits per heavy atom. The smallest absolute Gasteiger partial charge is 0.225 e. The average Bonchev–Trinajstić information content (AvgIpc) is 2.16. The maximum absolute atomic E-state index is 11.5. The standard InChI is InChI=1S/C12H22N2O3/c1-12(2,3)11(16)13-6-4-5-10(15)14-9-7-17-8-9/h9H,4-8H2,1-3H3,(H,13,16)(H,14,15). The van der Waals surface area contributed by atoms with Crippen LogP contribution in [0.4, 0.5) is 0 Å². The molecule has 0 aliphatic carbocycles. The summed E-state index contributed by atoms with van der Waals surface area (Å²) in [5.74, 6) is 0.0496. The van der Waals surface area contributed by atoms with E-state index in [1.54, 1.807) is 0 Å². The Bertz CT molecular complexity index is 280. The van der Waals surface area contributed by atoms with Gasteiger partial charge in [-0.05, 0) is 6.42 Å². The molecular weight excluding hydrogens is 220 g/mol. The van der Waals surface area contributed by atoms with Gasteiger partial charge in [-0.25, -0.2) is 0 Å². The number of rotatable bonds is 5. The first-order valence-electron chi connectivity index (χ1n) is 6.05. The molecule has 0 atom stereocenters. The first kappa shape index (κ1) is 14.0. The second-order valence-electron chi connectivity index (χ2n) is 5.41. The van der Waals surface area contributed by atoms with E-state index in [-0.39, 0.29) is 23.3 Å². The zero-order chi connectivity index (χ0) is 12.9. The number of carbonyl (C=O) groups excluding carboxylic acids is 2. The number of hydrogen-bond donors (Lipinski definition) is 2. The van der Waals surface area contributed by atoms with Gasteiger partial charge in [0.2, 0.25) is 11.8 Å². The lowest BCUT2D eigenvalue weighted by Gasteiger charge is -2.26. The molecule has 1 aliphatic heterocycles. The summed E-state index contributed by atoms with van der Waals surface area (Å²) < 4.78 is 4.96. The van der Waals surface area contributed by atoms with Crippen LogP contribution in [0.15, 0.2) is 0 Å². The molecule has 2 N–H and O–H groups in total. The molecule has 1 aliphatic rings. The molecule has 1 heterocycles. The van der Waals surface area contributed by atoms with E-state index >= 15 is 0 Å². The van der Waals surface area contributed by atoms with Gasteiger partial charge >= 0.3 is 0 Å². The first-order chi connectivity index (χ1) is 7.89. The molecule has 0 radical (unpaired) electrons. The van der Waals surface area contributed by atoms with Crippen molar-refractivity contribution in [1.82, 2.24) is 10.6 Å². The average molecular weight is 242 g/mol. The second kappa shape index (κ2) is 6.00. The highest BCUT2D eigenvalue weighted by molar-refractivity contribution is 5.81. The molecule has 1 fully saturated rings. The zero-order valence-electron chi connectivity index (χ0n) is 10.8. The molecule has 0 saturated carbocycles. The number of amides is 2. The van der Waals surface area contributed by atoms with Crippen LogP contribution in [0.2, 0.25) is 0 Å². The van der Waals surface area contributed by atoms with Gasteiger partial charge < -0.3 is 15.4 Å². The van der Waals surface area contributed by atoms with Crippen molar-refractivity contribution in [1.29, 1.82) is 0 Å². The Balaban J connectivity index is 2.03. The normalized spacial score (nSPS) is 16.2. The van der Waals surface area contributed by atoms with Crippen LogP contribution in [-0.4, -0.2) is 37.6 Å². The summed E-state index contributed by atoms with van der Waals surface area (Å²) in [6.07, 6.45) is 1.11. The summed E-state index contributed by atoms with van der Waals surface area (Å²) in [7, 11) is 0. The molecular formula is C12H22N2O3. The van der Waals surface area contributed by atoms with Gasteiger partial charge in [0.05, 0.1) is 19.3 Å². The minimum atomic E-state index is -0.370. The van der Waals surface area contributed by atoms with Crippen molar-refractivity contribution in [3.8, 4) is 0 Å². The van der Waals surface area contributed by atoms with Gasteiger partial charge in [0.25, 0.3) is 0 Å². The highest BCUT2D eigenvalue weighted by Crippen LogP contribution is 2.12. The number of carbonyl (C=O) groups is 2. The maximum Gasteiger partial charge on any atom is 0.225 e. The van der Waals surface area contributed by atoms with E-state index in [1.165, 1.54) is 0 Å². The monoisotopic (exact) mass is 242 g/mol. The van der Waals surface area contributed by atoms with Gasteiger partial charge in [-0.3, -0.25) is 9.59 Å². The van der Waals surface area contributed by atoms with E-state index in [9.17, 15) is 9.59 Å². The lowest BCUT2D eigenvalue weighted by molar-refractivity contribution is -0.129. The summed E-state index contributed by atoms with van der Waals surface area (Å²) in [4.78, 5) is 22.9. The van der Waals surface area contributed by atoms with Crippen LogP contribution in [0.5, 0.6) is 0 Å². The number of ether oxygens (including phenoxy) is 1. The van der Waals surface area contributed by atoms with Gasteiger partial charge in [0.15, 0.2) is 0 Å². The Kier molecular flexibility index (Phi) is 4.93. The van der Waals surface area contributed by atoms with E-state index in [4.69, 9.17) is 4.74 Å². The molecule has 2 amide bonds. The van der Waals surface area contributed by atoms with Crippen molar-refractivity contribution in [3.63, 3.8) is 0 Å². The highest BCUT2D eigenvalue weighted by atomic mass is 16.5. The predicted octanol–water partition coefficient (Wildman–Crippen LogP) is 0.444. The Hall–Kier alpha value is -1.10. The van der Waals surface area contributed by atoms with Gasteiger partial charge in [0, 0.05) is 18.4 Å². The third kappa shape index (κ3) is 5.17. The molecule has 0 aromatic rings. The van der Waals surface area contributed by atoms with Crippen molar-refractivity contribution < 1.29 is 14.3 Å². The Labute approximate surface area is 102 Å². The van der Waals surface area contributed by atoms with Crippen LogP contribution in [0, 0.1) is 5.41 Å². The van der Waals surface area contributed by atoms with Gasteiger partial charge in [-0.15, -0.1) is 0 Å². The molecule has 0 bridgehead atoms. The number of hydrogen-bond acceptors (Lipinski definition) is 3. The molecule has 0 aromatic heterocycles. The van der Waals surface area contributed by atoms with Crippen LogP contribution >= 0.6 is 0 Å². The predicted molar refractivity (Wildman–Crippen MR) is 64.4 cm³/mol. The van der Waals surface area contributed by atoms with E-state index in [1.807, 2.05) is 20.8 Å². The van der Waals surface area contributed by atoms with Gasteiger partial charge in [0.1, 0.15) is 0 Å². The van der Waals surface area contributed by atoms with Crippen molar-refractivity contribution >= 4 is 11.8 Å². The van der Waals surface area contributed by atoms with Gasteiger partial charge in [-0.1, -0.05) is 20.8 Å². The third-order valence-electron chi connectivity index (χ3n) is 2.55. The van der Waals surface area contributed by atoms with Crippen molar-refractivity contribution in [2.75, 3.05) is 19.8 Å². The molecule has 0 spiro atoms. The fraction of sp³-hybridized carbons (Fsp3) is 0.833. The first-order valence-corrected chi connectivity index (χ1v) is 6.05. The fourth-order valence-corrected chi connectivity index (χ4v) is 1.33. The van der Waals surface area contributed by atoms with E-state index in [2.05, 4.69) is 10.6 Å². The quantitative estimate of drug-likeness (QED) is 0.688. The second-order valence-corrected chi connectivity index (χ2v) is 5.41. The minimum Gasteiger partial charge on any atom is -0.377 e. The Morgan fingerprint density at radius 1 is 1.29 bits per heavy atom. The molecule has 98 valence electrons. The third-order valence-corrected chi connectivity index (χ3v) is 2.55. The summed E-state index contributed by atoms with van der Waals surface area (Å²) >= 11 is 0. The molecule has 0 unspecified atom stereocenters. The molecule has 0 aromatic carbocycles. The molecule has 17 heavy (non-hydrogen) atoms. The SMILES string of the molecule is CC(C)(C)C(=O)NCCCC(=O)NC1COC1. The maximum atomic E-state index is 11.5. The topological polar surface area (TPSA) is 67.4 Å². The highest BCUT2D eigenvalue weighted by Gasteiger charge is 2.21. The fourth-order valence-electron chi connectivity index (χ4n) is 1.33. The largest absolute Gasteiger partial charge is 0.377 e. The molecule has 1 saturated heterocycles. The van der Waals surface area contributed by atoms with E-state index in [0.717, 1.165) is 0 Å². The summed E-state index contributed by atoms with van der Waals surface area (Å²) in [5, 5.41) is 5.67. The van der Waals surface area contributed by atoms with Crippen LogP contribution < -0.4 is 10.6 Å². The molecule has 5 nitrogen and oxygen atoms in total. The van der Waals surface area contributed by atoms with E-state index < -0.39 is 0 Å². The summed E-state index contributed by atoms with van der Waals surface area (Å²) in [6, 6.07) is 0.187. The Morgan fingerprint density at radius 2 is 1.94 bits per heavy atom. The van der Waals surface area contributed by atoms with Crippen LogP contribution in [0.1, 0.15) is 33.6 Å². The minimum absolute atomic E-state index is 0.0188. The number of nitrogens with one attached hydrogen (secondary N) is 2. The van der Waals surface area contributed by atoms with Crippen molar-refractivity contribution in [3.05, 3.63) is 0 Å². The van der Waals surface area contributed by atoms with Gasteiger partial charge in [-0.2, -0.15) is 0 Å². The molecule has 1 rings (SSSR count). The van der Waals surface area contributed by atoms with Crippen LogP contribution in [0.3, 0.4) is 0 Å². The van der Waals surface area contributed by atoms with Crippen molar-refractivity contribution in [2.24, 2.45) is 5.41 Å². The lowest BCUT2D eigenvalue weighted by atomic mass is 9.96. The van der Waals surface area contributed by atoms with Crippen molar-refractivity contribution in [2.45, 2.75) is 39.7 Å². The van der Waals surface area contributed by atoms with E-state index in [0.29, 0.717) is 32.6 Å². The van der Waals surface area contributed by atoms with Crippen LogP contribution in [0.25, 0.3) is 0 Å². The van der Waals surface area contributed by atoms with Crippen LogP contribution in [-0.2, 0) is 14.3 Å².